The number of nitrogens with zero attached hydrogens (tertiary/aromatic N) is 2. The molecule has 0 radical (unpaired) electrons. The first-order valence-corrected chi connectivity index (χ1v) is 11.4. The van der Waals surface area contributed by atoms with E-state index in [4.69, 9.17) is 9.26 Å². The molecular weight excluding hydrogens is 438 g/mol. The number of aromatic nitrogens is 2. The first kappa shape index (κ1) is 25.9. The van der Waals surface area contributed by atoms with E-state index in [2.05, 4.69) is 0 Å². The standard InChI is InChI=1S/C18H30FN2O9P/c1-6-17(3,26)31(27,28)30-18(19,7-2)8-11-12(22)13(23)14(29-11)10-9-20(4)16(25)21(5)15(10)24/h9,11-14,22-23,26H,6-8H2,1-5H3,(H,27,28)/t11-,12-,13-,14+,17?,18?/m1/s1. The van der Waals surface area contributed by atoms with Crippen LogP contribution in [-0.4, -0.2) is 58.9 Å². The van der Waals surface area contributed by atoms with E-state index in [1.54, 1.807) is 0 Å². The van der Waals surface area contributed by atoms with Crippen LogP contribution in [0.15, 0.2) is 15.8 Å². The summed E-state index contributed by atoms with van der Waals surface area (Å²) in [5.74, 6) is -2.78. The molecule has 2 rings (SSSR count). The van der Waals surface area contributed by atoms with Crippen molar-refractivity contribution in [1.29, 1.82) is 0 Å². The van der Waals surface area contributed by atoms with Crippen LogP contribution in [0, 0.1) is 0 Å². The van der Waals surface area contributed by atoms with Crippen molar-refractivity contribution in [1.82, 2.24) is 9.13 Å². The van der Waals surface area contributed by atoms with Crippen LogP contribution in [0.2, 0.25) is 0 Å². The lowest BCUT2D eigenvalue weighted by Gasteiger charge is -2.34. The Bertz CT molecular complexity index is 978. The van der Waals surface area contributed by atoms with Crippen LogP contribution in [0.25, 0.3) is 0 Å². The number of aliphatic hydroxyl groups excluding tert-OH is 2. The summed E-state index contributed by atoms with van der Waals surface area (Å²) < 4.78 is 40.0. The topological polar surface area (TPSA) is 160 Å². The third kappa shape index (κ3) is 4.85. The van der Waals surface area contributed by atoms with E-state index in [1.807, 2.05) is 0 Å². The van der Waals surface area contributed by atoms with Crippen LogP contribution >= 0.6 is 7.60 Å². The van der Waals surface area contributed by atoms with Gasteiger partial charge < -0.3 is 29.5 Å². The second-order valence-corrected chi connectivity index (χ2v) is 10.2. The van der Waals surface area contributed by atoms with Gasteiger partial charge in [-0.2, -0.15) is 0 Å². The highest BCUT2D eigenvalue weighted by Crippen LogP contribution is 2.59. The second-order valence-electron chi connectivity index (χ2n) is 8.04. The van der Waals surface area contributed by atoms with Crippen molar-refractivity contribution in [2.45, 2.75) is 75.6 Å². The summed E-state index contributed by atoms with van der Waals surface area (Å²) >= 11 is 0. The number of aryl methyl sites for hydroxylation is 1. The van der Waals surface area contributed by atoms with Crippen LogP contribution in [-0.2, 0) is 27.9 Å². The van der Waals surface area contributed by atoms with Crippen molar-refractivity contribution < 1.29 is 38.4 Å². The maximum Gasteiger partial charge on any atom is 0.361 e. The van der Waals surface area contributed by atoms with Crippen molar-refractivity contribution >= 4 is 7.60 Å². The molecule has 11 nitrogen and oxygen atoms in total. The van der Waals surface area contributed by atoms with Gasteiger partial charge in [0.25, 0.3) is 5.56 Å². The zero-order valence-corrected chi connectivity index (χ0v) is 19.0. The summed E-state index contributed by atoms with van der Waals surface area (Å²) in [4.78, 5) is 34.4. The van der Waals surface area contributed by atoms with Gasteiger partial charge in [0.15, 0.2) is 5.34 Å². The Morgan fingerprint density at radius 1 is 1.23 bits per heavy atom. The van der Waals surface area contributed by atoms with E-state index in [-0.39, 0.29) is 12.0 Å². The minimum absolute atomic E-state index is 0.123. The Kier molecular flexibility index (Phi) is 7.39. The quantitative estimate of drug-likeness (QED) is 0.386. The van der Waals surface area contributed by atoms with Crippen LogP contribution in [0.5, 0.6) is 0 Å². The van der Waals surface area contributed by atoms with Gasteiger partial charge in [-0.15, -0.1) is 0 Å². The monoisotopic (exact) mass is 468 g/mol. The molecule has 0 bridgehead atoms. The highest BCUT2D eigenvalue weighted by molar-refractivity contribution is 7.54. The molecule has 7 atom stereocenters. The molecule has 0 spiro atoms. The molecule has 1 saturated heterocycles. The molecule has 0 aliphatic carbocycles. The molecule has 1 aliphatic heterocycles. The number of hydrogen-bond acceptors (Lipinski definition) is 8. The first-order chi connectivity index (χ1) is 14.1. The number of aliphatic hydroxyl groups is 3. The average Bonchev–Trinajstić information content (AvgIpc) is 2.96. The lowest BCUT2D eigenvalue weighted by atomic mass is 9.99. The van der Waals surface area contributed by atoms with Gasteiger partial charge in [0.1, 0.15) is 18.3 Å². The van der Waals surface area contributed by atoms with E-state index in [1.165, 1.54) is 27.9 Å². The minimum Gasteiger partial charge on any atom is -0.388 e. The minimum atomic E-state index is -4.84. The zero-order chi connectivity index (χ0) is 23.9. The normalized spacial score (nSPS) is 29.9. The Hall–Kier alpha value is -1.40. The summed E-state index contributed by atoms with van der Waals surface area (Å²) in [6.07, 6.45) is -6.25. The predicted octanol–water partition coefficient (Wildman–Crippen LogP) is 0.0321. The van der Waals surface area contributed by atoms with Crippen molar-refractivity contribution in [3.63, 3.8) is 0 Å². The van der Waals surface area contributed by atoms with Gasteiger partial charge in [-0.25, -0.2) is 9.18 Å². The lowest BCUT2D eigenvalue weighted by molar-refractivity contribution is -0.128. The Labute approximate surface area is 178 Å². The number of halogens is 1. The van der Waals surface area contributed by atoms with Crippen molar-refractivity contribution in [2.75, 3.05) is 0 Å². The molecule has 3 unspecified atom stereocenters. The van der Waals surface area contributed by atoms with E-state index >= 15 is 4.39 Å². The van der Waals surface area contributed by atoms with E-state index in [9.17, 15) is 34.4 Å². The fourth-order valence-corrected chi connectivity index (χ4v) is 4.52. The predicted molar refractivity (Wildman–Crippen MR) is 107 cm³/mol. The molecule has 13 heteroatoms. The molecule has 1 fully saturated rings. The molecular formula is C18H30FN2O9P. The summed E-state index contributed by atoms with van der Waals surface area (Å²) in [6.45, 7) is 3.80. The summed E-state index contributed by atoms with van der Waals surface area (Å²) in [5, 5.41) is 28.7. The molecule has 0 amide bonds. The van der Waals surface area contributed by atoms with E-state index in [0.29, 0.717) is 0 Å². The van der Waals surface area contributed by atoms with Gasteiger partial charge in [-0.1, -0.05) is 13.8 Å². The Morgan fingerprint density at radius 3 is 2.32 bits per heavy atom. The molecule has 0 saturated carbocycles. The highest BCUT2D eigenvalue weighted by Gasteiger charge is 2.52. The molecule has 1 aliphatic rings. The second kappa shape index (κ2) is 8.86. The van der Waals surface area contributed by atoms with Crippen LogP contribution in [0.1, 0.15) is 51.7 Å². The van der Waals surface area contributed by atoms with Gasteiger partial charge in [0.05, 0.1) is 11.7 Å². The van der Waals surface area contributed by atoms with Gasteiger partial charge in [0.2, 0.25) is 5.85 Å². The maximum absolute atomic E-state index is 15.4. The first-order valence-electron chi connectivity index (χ1n) is 9.84. The fraction of sp³-hybridized carbons (Fsp3) is 0.778. The summed E-state index contributed by atoms with van der Waals surface area (Å²) in [5.41, 5.74) is -1.48. The maximum atomic E-state index is 15.4. The van der Waals surface area contributed by atoms with Crippen molar-refractivity contribution in [2.24, 2.45) is 14.1 Å². The third-order valence-electron chi connectivity index (χ3n) is 5.74. The molecule has 0 aromatic carbocycles. The van der Waals surface area contributed by atoms with Crippen molar-refractivity contribution in [3.05, 3.63) is 32.6 Å². The summed E-state index contributed by atoms with van der Waals surface area (Å²) in [7, 11) is -2.21. The molecule has 4 N–H and O–H groups in total. The molecule has 31 heavy (non-hydrogen) atoms. The van der Waals surface area contributed by atoms with Crippen LogP contribution < -0.4 is 11.2 Å². The van der Waals surface area contributed by atoms with Crippen LogP contribution in [0.3, 0.4) is 0 Å². The molecule has 2 heterocycles. The largest absolute Gasteiger partial charge is 0.388 e. The van der Waals surface area contributed by atoms with Crippen molar-refractivity contribution in [3.8, 4) is 0 Å². The van der Waals surface area contributed by atoms with E-state index in [0.717, 1.165) is 22.3 Å². The SMILES string of the molecule is CCC(F)(C[C@H]1O[C@@H](c2cn(C)c(=O)n(C)c2=O)[C@H](O)[C@@H]1O)OP(=O)(O)C(C)(O)CC. The number of ether oxygens (including phenoxy) is 1. The Balaban J connectivity index is 2.32. The molecule has 178 valence electrons. The average molecular weight is 468 g/mol. The third-order valence-corrected chi connectivity index (χ3v) is 7.85. The Morgan fingerprint density at radius 2 is 1.81 bits per heavy atom. The lowest BCUT2D eigenvalue weighted by Crippen LogP contribution is -2.40. The smallest absolute Gasteiger partial charge is 0.361 e. The van der Waals surface area contributed by atoms with Gasteiger partial charge in [0, 0.05) is 33.1 Å². The van der Waals surface area contributed by atoms with Crippen LogP contribution in [0.4, 0.5) is 4.39 Å². The number of hydrogen-bond donors (Lipinski definition) is 4. The summed E-state index contributed by atoms with van der Waals surface area (Å²) in [6, 6.07) is 0. The fourth-order valence-electron chi connectivity index (χ4n) is 3.27. The number of rotatable bonds is 8. The van der Waals surface area contributed by atoms with Gasteiger partial charge >= 0.3 is 13.3 Å². The van der Waals surface area contributed by atoms with E-state index < -0.39 is 67.3 Å². The van der Waals surface area contributed by atoms with Gasteiger partial charge in [-0.3, -0.25) is 18.5 Å². The zero-order valence-electron chi connectivity index (χ0n) is 18.1. The molecule has 1 aromatic heterocycles. The molecule has 1 aromatic rings. The number of alkyl halides is 1. The van der Waals surface area contributed by atoms with Gasteiger partial charge in [-0.05, 0) is 13.3 Å². The highest BCUT2D eigenvalue weighted by atomic mass is 31.2.